The van der Waals surface area contributed by atoms with Gasteiger partial charge in [-0.05, 0) is 24.3 Å². The molecule has 0 bridgehead atoms. The average Bonchev–Trinajstić information content (AvgIpc) is 3.06. The van der Waals surface area contributed by atoms with Crippen molar-refractivity contribution in [3.63, 3.8) is 0 Å². The number of nitrogens with zero attached hydrogens (tertiary/aromatic N) is 4. The number of rotatable bonds is 4. The molecule has 140 valence electrons. The number of halogens is 3. The normalized spacial score (nSPS) is 11.3. The molecule has 27 heavy (non-hydrogen) atoms. The van der Waals surface area contributed by atoms with E-state index in [1.54, 1.807) is 24.1 Å². The molecule has 0 aliphatic rings. The largest absolute Gasteiger partial charge is 0.416 e. The Morgan fingerprint density at radius 1 is 1.15 bits per heavy atom. The van der Waals surface area contributed by atoms with Gasteiger partial charge in [0.1, 0.15) is 0 Å². The topological polar surface area (TPSA) is 84.7 Å². The number of nitrogens with one attached hydrogen (secondary N) is 2. The summed E-state index contributed by atoms with van der Waals surface area (Å²) in [6.45, 7) is 0.0878. The fraction of sp³-hybridized carbons (Fsp3) is 0.176. The van der Waals surface area contributed by atoms with Crippen LogP contribution in [0.5, 0.6) is 0 Å². The highest BCUT2D eigenvalue weighted by atomic mass is 19.4. The lowest BCUT2D eigenvalue weighted by atomic mass is 10.2. The molecule has 2 heterocycles. The maximum absolute atomic E-state index is 12.6. The smallest absolute Gasteiger partial charge is 0.332 e. The molecule has 2 amide bonds. The molecule has 10 heteroatoms. The summed E-state index contributed by atoms with van der Waals surface area (Å²) in [6, 6.07) is 3.60. The molecule has 2 aromatic heterocycles. The van der Waals surface area contributed by atoms with Crippen LogP contribution < -0.4 is 10.6 Å². The molecule has 3 aromatic rings. The van der Waals surface area contributed by atoms with E-state index in [1.807, 2.05) is 0 Å². The zero-order valence-corrected chi connectivity index (χ0v) is 14.2. The van der Waals surface area contributed by atoms with E-state index >= 15 is 0 Å². The molecule has 3 rings (SSSR count). The number of carbonyl (C=O) groups is 1. The molecular formula is C17H15F3N6O. The monoisotopic (exact) mass is 376 g/mol. The molecule has 2 N–H and O–H groups in total. The Bertz CT molecular complexity index is 936. The second-order valence-corrected chi connectivity index (χ2v) is 5.64. The van der Waals surface area contributed by atoms with Crippen LogP contribution in [0.15, 0.2) is 49.1 Å². The highest BCUT2D eigenvalue weighted by Crippen LogP contribution is 2.29. The van der Waals surface area contributed by atoms with Crippen molar-refractivity contribution in [3.8, 4) is 11.3 Å². The predicted molar refractivity (Wildman–Crippen MR) is 91.5 cm³/mol. The van der Waals surface area contributed by atoms with Crippen LogP contribution >= 0.6 is 0 Å². The number of aromatic nitrogens is 4. The average molecular weight is 376 g/mol. The fourth-order valence-corrected chi connectivity index (χ4v) is 2.36. The molecule has 1 aromatic carbocycles. The number of urea groups is 1. The number of hydrogen-bond acceptors (Lipinski definition) is 4. The van der Waals surface area contributed by atoms with E-state index in [2.05, 4.69) is 25.7 Å². The Labute approximate surface area is 152 Å². The van der Waals surface area contributed by atoms with Gasteiger partial charge in [-0.3, -0.25) is 14.6 Å². The molecule has 0 fully saturated rings. The second kappa shape index (κ2) is 7.44. The minimum Gasteiger partial charge on any atom is -0.332 e. The van der Waals surface area contributed by atoms with Crippen molar-refractivity contribution in [2.45, 2.75) is 12.7 Å². The van der Waals surface area contributed by atoms with Crippen LogP contribution in [0.3, 0.4) is 0 Å². The summed E-state index contributed by atoms with van der Waals surface area (Å²) in [5, 5.41) is 9.16. The van der Waals surface area contributed by atoms with Gasteiger partial charge in [0.25, 0.3) is 0 Å². The first-order valence-corrected chi connectivity index (χ1v) is 7.84. The molecule has 0 atom stereocenters. The van der Waals surface area contributed by atoms with Gasteiger partial charge in [-0.25, -0.2) is 4.79 Å². The number of alkyl halides is 3. The summed E-state index contributed by atoms with van der Waals surface area (Å²) >= 11 is 0. The van der Waals surface area contributed by atoms with Gasteiger partial charge in [-0.15, -0.1) is 0 Å². The number of aryl methyl sites for hydroxylation is 1. The fourth-order valence-electron chi connectivity index (χ4n) is 2.36. The second-order valence-electron chi connectivity index (χ2n) is 5.64. The van der Waals surface area contributed by atoms with Crippen molar-refractivity contribution in [2.24, 2.45) is 7.05 Å². The molecule has 0 aliphatic heterocycles. The minimum atomic E-state index is -4.42. The van der Waals surface area contributed by atoms with Crippen molar-refractivity contribution in [1.82, 2.24) is 25.1 Å². The first-order chi connectivity index (χ1) is 12.8. The Morgan fingerprint density at radius 2 is 1.85 bits per heavy atom. The van der Waals surface area contributed by atoms with E-state index in [0.717, 1.165) is 17.7 Å². The van der Waals surface area contributed by atoms with Crippen LogP contribution in [0.4, 0.5) is 23.7 Å². The summed E-state index contributed by atoms with van der Waals surface area (Å²) in [5.74, 6) is 0. The van der Waals surface area contributed by atoms with Gasteiger partial charge in [0, 0.05) is 36.9 Å². The van der Waals surface area contributed by atoms with Gasteiger partial charge in [0.15, 0.2) is 0 Å². The lowest BCUT2D eigenvalue weighted by Crippen LogP contribution is -2.28. The Kier molecular flexibility index (Phi) is 5.06. The van der Waals surface area contributed by atoms with Crippen molar-refractivity contribution in [1.29, 1.82) is 0 Å². The van der Waals surface area contributed by atoms with E-state index in [9.17, 15) is 18.0 Å². The summed E-state index contributed by atoms with van der Waals surface area (Å²) in [4.78, 5) is 20.5. The van der Waals surface area contributed by atoms with Crippen LogP contribution in [0.25, 0.3) is 11.3 Å². The van der Waals surface area contributed by atoms with Crippen LogP contribution in [0.2, 0.25) is 0 Å². The number of benzene rings is 1. The molecular weight excluding hydrogens is 361 g/mol. The van der Waals surface area contributed by atoms with Crippen LogP contribution in [0, 0.1) is 0 Å². The van der Waals surface area contributed by atoms with Gasteiger partial charge < -0.3 is 10.6 Å². The van der Waals surface area contributed by atoms with Crippen molar-refractivity contribution >= 4 is 11.7 Å². The lowest BCUT2D eigenvalue weighted by Gasteiger charge is -2.10. The van der Waals surface area contributed by atoms with E-state index in [-0.39, 0.29) is 12.2 Å². The summed E-state index contributed by atoms with van der Waals surface area (Å²) in [7, 11) is 1.77. The van der Waals surface area contributed by atoms with Gasteiger partial charge in [-0.1, -0.05) is 0 Å². The number of amides is 2. The number of anilines is 1. The minimum absolute atomic E-state index is 0.0878. The van der Waals surface area contributed by atoms with Gasteiger partial charge in [-0.2, -0.15) is 18.3 Å². The first-order valence-electron chi connectivity index (χ1n) is 7.84. The SMILES string of the molecule is Cn1cc(-c2nccnc2CNC(=O)Nc2ccc(C(F)(F)F)cc2)cn1. The molecule has 0 aliphatic carbocycles. The van der Waals surface area contributed by atoms with Gasteiger partial charge >= 0.3 is 12.2 Å². The van der Waals surface area contributed by atoms with E-state index < -0.39 is 17.8 Å². The standard InChI is InChI=1S/C17H15F3N6O/c1-26-10-11(8-24-26)15-14(21-6-7-22-15)9-23-16(27)25-13-4-2-12(3-5-13)17(18,19)20/h2-8,10H,9H2,1H3,(H2,23,25,27). The van der Waals surface area contributed by atoms with E-state index in [0.29, 0.717) is 11.4 Å². The Hall–Kier alpha value is -3.43. The quantitative estimate of drug-likeness (QED) is 0.732. The van der Waals surface area contributed by atoms with Crippen molar-refractivity contribution < 1.29 is 18.0 Å². The van der Waals surface area contributed by atoms with Crippen LogP contribution in [0.1, 0.15) is 11.3 Å². The third-order valence-corrected chi connectivity index (χ3v) is 3.64. The zero-order valence-electron chi connectivity index (χ0n) is 14.2. The Balaban J connectivity index is 1.63. The van der Waals surface area contributed by atoms with E-state index in [4.69, 9.17) is 0 Å². The molecule has 7 nitrogen and oxygen atoms in total. The van der Waals surface area contributed by atoms with Crippen molar-refractivity contribution in [3.05, 3.63) is 60.3 Å². The zero-order chi connectivity index (χ0) is 19.4. The third-order valence-electron chi connectivity index (χ3n) is 3.64. The maximum atomic E-state index is 12.6. The molecule has 0 saturated carbocycles. The first kappa shape index (κ1) is 18.4. The predicted octanol–water partition coefficient (Wildman–Crippen LogP) is 3.22. The van der Waals surface area contributed by atoms with Crippen LogP contribution in [-0.4, -0.2) is 25.8 Å². The maximum Gasteiger partial charge on any atom is 0.416 e. The third kappa shape index (κ3) is 4.60. The number of hydrogen-bond donors (Lipinski definition) is 2. The Morgan fingerprint density at radius 3 is 2.48 bits per heavy atom. The van der Waals surface area contributed by atoms with Crippen LogP contribution in [-0.2, 0) is 19.8 Å². The number of carbonyl (C=O) groups excluding carboxylic acids is 1. The molecule has 0 saturated heterocycles. The molecule has 0 spiro atoms. The highest BCUT2D eigenvalue weighted by molar-refractivity contribution is 5.89. The highest BCUT2D eigenvalue weighted by Gasteiger charge is 2.29. The van der Waals surface area contributed by atoms with Gasteiger partial charge in [0.2, 0.25) is 0 Å². The molecule has 0 radical (unpaired) electrons. The molecule has 0 unspecified atom stereocenters. The summed E-state index contributed by atoms with van der Waals surface area (Å²) in [6.07, 6.45) is 2.03. The summed E-state index contributed by atoms with van der Waals surface area (Å²) < 4.78 is 39.3. The lowest BCUT2D eigenvalue weighted by molar-refractivity contribution is -0.137. The summed E-state index contributed by atoms with van der Waals surface area (Å²) in [5.41, 5.74) is 1.33. The van der Waals surface area contributed by atoms with Crippen molar-refractivity contribution in [2.75, 3.05) is 5.32 Å². The van der Waals surface area contributed by atoms with Gasteiger partial charge in [0.05, 0.1) is 29.7 Å². The van der Waals surface area contributed by atoms with E-state index in [1.165, 1.54) is 24.5 Å².